The largest absolute Gasteiger partial charge is 0.398 e. The number of hydrogen-bond acceptors (Lipinski definition) is 4. The maximum atomic E-state index is 12.5. The van der Waals surface area contributed by atoms with Crippen LogP contribution in [0, 0.1) is 0 Å². The van der Waals surface area contributed by atoms with Gasteiger partial charge in [0, 0.05) is 30.3 Å². The zero-order chi connectivity index (χ0) is 21.1. The molecular formula is C23H31N3O2. The highest BCUT2D eigenvalue weighted by atomic mass is 16.2. The first kappa shape index (κ1) is 21.6. The van der Waals surface area contributed by atoms with Crippen molar-refractivity contribution < 1.29 is 9.59 Å². The van der Waals surface area contributed by atoms with Gasteiger partial charge in [0.25, 0.3) is 5.91 Å². The molecule has 0 saturated heterocycles. The van der Waals surface area contributed by atoms with Crippen LogP contribution in [0.2, 0.25) is 0 Å². The van der Waals surface area contributed by atoms with Gasteiger partial charge in [0.15, 0.2) is 0 Å². The smallest absolute Gasteiger partial charge is 0.270 e. The molecule has 0 aliphatic heterocycles. The lowest BCUT2D eigenvalue weighted by Gasteiger charge is -2.21. The summed E-state index contributed by atoms with van der Waals surface area (Å²) in [5, 5.41) is 2.88. The highest BCUT2D eigenvalue weighted by molar-refractivity contribution is 5.93. The second-order valence-corrected chi connectivity index (χ2v) is 9.32. The average molecular weight is 382 g/mol. The second-order valence-electron chi connectivity index (χ2n) is 9.32. The van der Waals surface area contributed by atoms with Crippen molar-refractivity contribution in [3.8, 4) is 0 Å². The summed E-state index contributed by atoms with van der Waals surface area (Å²) in [5.41, 5.74) is 9.58. The van der Waals surface area contributed by atoms with Gasteiger partial charge in [-0.1, -0.05) is 32.9 Å². The molecule has 3 N–H and O–H groups in total. The number of hydrogen-bond donors (Lipinski definition) is 2. The molecule has 0 aliphatic carbocycles. The van der Waals surface area contributed by atoms with Crippen LogP contribution in [0.4, 0.5) is 5.69 Å². The predicted molar refractivity (Wildman–Crippen MR) is 113 cm³/mol. The summed E-state index contributed by atoms with van der Waals surface area (Å²) in [6.07, 6.45) is 2.12. The molecular weight excluding hydrogens is 350 g/mol. The van der Waals surface area contributed by atoms with Crippen molar-refractivity contribution >= 4 is 17.4 Å². The van der Waals surface area contributed by atoms with E-state index in [1.54, 1.807) is 18.3 Å². The van der Waals surface area contributed by atoms with Crippen molar-refractivity contribution in [1.82, 2.24) is 10.3 Å². The van der Waals surface area contributed by atoms with Crippen molar-refractivity contribution in [3.63, 3.8) is 0 Å². The molecule has 1 heterocycles. The molecule has 1 amide bonds. The van der Waals surface area contributed by atoms with Gasteiger partial charge < -0.3 is 11.1 Å². The summed E-state index contributed by atoms with van der Waals surface area (Å²) in [4.78, 5) is 28.9. The summed E-state index contributed by atoms with van der Waals surface area (Å²) in [5.74, 6) is -0.177. The van der Waals surface area contributed by atoms with Gasteiger partial charge in [-0.15, -0.1) is 0 Å². The summed E-state index contributed by atoms with van der Waals surface area (Å²) in [7, 11) is 0. The number of nitrogens with two attached hydrogens (primary N) is 1. The van der Waals surface area contributed by atoms with Crippen LogP contribution in [-0.4, -0.2) is 22.2 Å². The molecule has 0 spiro atoms. The predicted octanol–water partition coefficient (Wildman–Crippen LogP) is 3.84. The molecule has 1 aromatic carbocycles. The lowest BCUT2D eigenvalue weighted by atomic mass is 9.85. The minimum absolute atomic E-state index is 0.0340. The first-order valence-corrected chi connectivity index (χ1v) is 9.53. The SMILES string of the molecule is CC(C)(C)NC(=O)c1cc(CC(=O)Cc2ccc(C(C)(C)C)c(N)c2)ccn1. The Morgan fingerprint density at radius 3 is 2.11 bits per heavy atom. The highest BCUT2D eigenvalue weighted by Gasteiger charge is 2.18. The lowest BCUT2D eigenvalue weighted by Crippen LogP contribution is -2.40. The molecule has 0 aliphatic rings. The maximum Gasteiger partial charge on any atom is 0.270 e. The third-order valence-electron chi connectivity index (χ3n) is 4.27. The van der Waals surface area contributed by atoms with Crippen molar-refractivity contribution in [2.24, 2.45) is 0 Å². The first-order chi connectivity index (χ1) is 12.8. The zero-order valence-corrected chi connectivity index (χ0v) is 17.7. The number of carbonyl (C=O) groups excluding carboxylic acids is 2. The Bertz CT molecular complexity index is 874. The van der Waals surface area contributed by atoms with Crippen molar-refractivity contribution in [1.29, 1.82) is 0 Å². The van der Waals surface area contributed by atoms with E-state index in [2.05, 4.69) is 31.1 Å². The normalized spacial score (nSPS) is 11.9. The van der Waals surface area contributed by atoms with Gasteiger partial charge in [0.1, 0.15) is 11.5 Å². The molecule has 0 atom stereocenters. The van der Waals surface area contributed by atoms with E-state index in [1.165, 1.54) is 0 Å². The van der Waals surface area contributed by atoms with Gasteiger partial charge >= 0.3 is 0 Å². The number of aromatic nitrogens is 1. The maximum absolute atomic E-state index is 12.5. The van der Waals surface area contributed by atoms with Crippen LogP contribution < -0.4 is 11.1 Å². The number of pyridine rings is 1. The second kappa shape index (κ2) is 8.13. The molecule has 0 bridgehead atoms. The van der Waals surface area contributed by atoms with Crippen LogP contribution in [0.1, 0.15) is 68.7 Å². The summed E-state index contributed by atoms with van der Waals surface area (Å²) < 4.78 is 0. The number of nitrogens with one attached hydrogen (secondary N) is 1. The number of carbonyl (C=O) groups is 2. The quantitative estimate of drug-likeness (QED) is 0.771. The summed E-state index contributed by atoms with van der Waals surface area (Å²) in [6.45, 7) is 12.1. The summed E-state index contributed by atoms with van der Waals surface area (Å²) in [6, 6.07) is 9.29. The molecule has 5 nitrogen and oxygen atoms in total. The molecule has 2 rings (SSSR count). The van der Waals surface area contributed by atoms with E-state index in [9.17, 15) is 9.59 Å². The van der Waals surface area contributed by atoms with Gasteiger partial charge in [-0.05, 0) is 61.1 Å². The van der Waals surface area contributed by atoms with Crippen LogP contribution in [0.25, 0.3) is 0 Å². The number of Topliss-reactive ketones (excluding diaryl/α,β-unsaturated/α-hetero) is 1. The minimum atomic E-state index is -0.344. The fourth-order valence-electron chi connectivity index (χ4n) is 3.04. The van der Waals surface area contributed by atoms with E-state index >= 15 is 0 Å². The fourth-order valence-corrected chi connectivity index (χ4v) is 3.04. The van der Waals surface area contributed by atoms with E-state index in [1.807, 2.05) is 39.0 Å². The van der Waals surface area contributed by atoms with E-state index in [0.717, 1.165) is 16.7 Å². The number of ketones is 1. The van der Waals surface area contributed by atoms with Crippen LogP contribution in [-0.2, 0) is 23.1 Å². The van der Waals surface area contributed by atoms with E-state index < -0.39 is 0 Å². The Hall–Kier alpha value is -2.69. The van der Waals surface area contributed by atoms with Gasteiger partial charge in [-0.2, -0.15) is 0 Å². The van der Waals surface area contributed by atoms with E-state index in [-0.39, 0.29) is 29.1 Å². The number of nitrogen functional groups attached to an aromatic ring is 1. The topological polar surface area (TPSA) is 85.1 Å². The van der Waals surface area contributed by atoms with Crippen LogP contribution in [0.15, 0.2) is 36.5 Å². The Labute approximate surface area is 167 Å². The molecule has 0 fully saturated rings. The number of amides is 1. The average Bonchev–Trinajstić information content (AvgIpc) is 2.52. The Morgan fingerprint density at radius 2 is 1.57 bits per heavy atom. The number of rotatable bonds is 5. The van der Waals surface area contributed by atoms with Crippen molar-refractivity contribution in [3.05, 3.63) is 58.9 Å². The highest BCUT2D eigenvalue weighted by Crippen LogP contribution is 2.28. The van der Waals surface area contributed by atoms with E-state index in [4.69, 9.17) is 5.73 Å². The lowest BCUT2D eigenvalue weighted by molar-refractivity contribution is -0.117. The molecule has 5 heteroatoms. The monoisotopic (exact) mass is 381 g/mol. The van der Waals surface area contributed by atoms with Gasteiger partial charge in [-0.25, -0.2) is 0 Å². The minimum Gasteiger partial charge on any atom is -0.398 e. The van der Waals surface area contributed by atoms with Crippen LogP contribution >= 0.6 is 0 Å². The zero-order valence-electron chi connectivity index (χ0n) is 17.7. The first-order valence-electron chi connectivity index (χ1n) is 9.53. The molecule has 1 aromatic heterocycles. The third kappa shape index (κ3) is 6.19. The molecule has 0 unspecified atom stereocenters. The molecule has 2 aromatic rings. The Morgan fingerprint density at radius 1 is 0.964 bits per heavy atom. The van der Waals surface area contributed by atoms with Gasteiger partial charge in [0.2, 0.25) is 0 Å². The van der Waals surface area contributed by atoms with Crippen molar-refractivity contribution in [2.45, 2.75) is 65.3 Å². The van der Waals surface area contributed by atoms with Crippen molar-refractivity contribution in [2.75, 3.05) is 5.73 Å². The third-order valence-corrected chi connectivity index (χ3v) is 4.27. The Balaban J connectivity index is 2.07. The van der Waals surface area contributed by atoms with Crippen LogP contribution in [0.3, 0.4) is 0 Å². The standard InChI is InChI=1S/C23H31N3O2/c1-22(2,3)18-8-7-15(13-19(18)24)11-17(27)12-16-9-10-25-20(14-16)21(28)26-23(4,5)6/h7-10,13-14H,11-12,24H2,1-6H3,(H,26,28). The number of nitrogens with zero attached hydrogens (tertiary/aromatic N) is 1. The Kier molecular flexibility index (Phi) is 6.27. The van der Waals surface area contributed by atoms with Gasteiger partial charge in [-0.3, -0.25) is 14.6 Å². The number of benzene rings is 1. The number of anilines is 1. The molecule has 0 saturated carbocycles. The molecule has 28 heavy (non-hydrogen) atoms. The molecule has 0 radical (unpaired) electrons. The summed E-state index contributed by atoms with van der Waals surface area (Å²) >= 11 is 0. The van der Waals surface area contributed by atoms with Gasteiger partial charge in [0.05, 0.1) is 0 Å². The fraction of sp³-hybridized carbons (Fsp3) is 0.435. The van der Waals surface area contributed by atoms with E-state index in [0.29, 0.717) is 17.8 Å². The molecule has 150 valence electrons. The van der Waals surface area contributed by atoms with Crippen LogP contribution in [0.5, 0.6) is 0 Å².